The van der Waals surface area contributed by atoms with Crippen molar-refractivity contribution < 1.29 is 10.2 Å². The molecule has 1 aliphatic carbocycles. The van der Waals surface area contributed by atoms with Crippen LogP contribution in [-0.4, -0.2) is 47.0 Å². The number of β-amino-alcohol motifs (C(OH)–C–C–N with tert-alkyl or cyclic N) is 1. The van der Waals surface area contributed by atoms with Gasteiger partial charge in [-0.15, -0.1) is 0 Å². The Morgan fingerprint density at radius 3 is 2.53 bits per heavy atom. The molecule has 1 aliphatic heterocycles. The summed E-state index contributed by atoms with van der Waals surface area (Å²) >= 11 is 0. The molecular formula is C12H23NO2. The first-order valence-electron chi connectivity index (χ1n) is 6.34. The summed E-state index contributed by atoms with van der Waals surface area (Å²) in [5.74, 6) is 0.442. The molecule has 0 aromatic heterocycles. The van der Waals surface area contributed by atoms with Crippen LogP contribution >= 0.6 is 0 Å². The largest absolute Gasteiger partial charge is 0.393 e. The van der Waals surface area contributed by atoms with E-state index < -0.39 is 0 Å². The topological polar surface area (TPSA) is 43.7 Å². The lowest BCUT2D eigenvalue weighted by Gasteiger charge is -2.25. The molecule has 0 aromatic carbocycles. The molecule has 0 aromatic rings. The zero-order valence-electron chi connectivity index (χ0n) is 9.44. The van der Waals surface area contributed by atoms with Crippen LogP contribution in [-0.2, 0) is 0 Å². The Balaban J connectivity index is 1.81. The molecule has 2 N–H and O–H groups in total. The minimum Gasteiger partial charge on any atom is -0.393 e. The van der Waals surface area contributed by atoms with E-state index in [0.717, 1.165) is 38.9 Å². The Labute approximate surface area is 92.1 Å². The fourth-order valence-electron chi connectivity index (χ4n) is 2.89. The van der Waals surface area contributed by atoms with Gasteiger partial charge >= 0.3 is 0 Å². The number of aliphatic hydroxyl groups is 2. The standard InChI is InChI=1S/C12H23NO2/c14-11-6-7-13(9-11)8-10-4-2-1-3-5-12(10)15/h10-12,14-15H,1-9H2. The SMILES string of the molecule is OC1CCN(CC2CCCCCC2O)C1. The third kappa shape index (κ3) is 3.16. The van der Waals surface area contributed by atoms with E-state index in [-0.39, 0.29) is 12.2 Å². The van der Waals surface area contributed by atoms with Crippen LogP contribution in [0.1, 0.15) is 38.5 Å². The summed E-state index contributed by atoms with van der Waals surface area (Å²) in [6.45, 7) is 2.80. The second kappa shape index (κ2) is 5.28. The van der Waals surface area contributed by atoms with Gasteiger partial charge in [-0.1, -0.05) is 19.3 Å². The summed E-state index contributed by atoms with van der Waals surface area (Å²) < 4.78 is 0. The Kier molecular flexibility index (Phi) is 4.00. The molecule has 0 bridgehead atoms. The second-order valence-corrected chi connectivity index (χ2v) is 5.17. The number of likely N-dealkylation sites (tertiary alicyclic amines) is 1. The van der Waals surface area contributed by atoms with Crippen LogP contribution in [0.3, 0.4) is 0 Å². The predicted octanol–water partition coefficient (Wildman–Crippen LogP) is 0.994. The molecule has 2 rings (SSSR count). The van der Waals surface area contributed by atoms with Crippen LogP contribution in [0.2, 0.25) is 0 Å². The van der Waals surface area contributed by atoms with E-state index in [1.165, 1.54) is 19.3 Å². The van der Waals surface area contributed by atoms with Gasteiger partial charge in [-0.3, -0.25) is 0 Å². The summed E-state index contributed by atoms with van der Waals surface area (Å²) in [7, 11) is 0. The Bertz CT molecular complexity index is 198. The number of nitrogens with zero attached hydrogens (tertiary/aromatic N) is 1. The number of aliphatic hydroxyl groups excluding tert-OH is 2. The second-order valence-electron chi connectivity index (χ2n) is 5.17. The predicted molar refractivity (Wildman–Crippen MR) is 59.6 cm³/mol. The van der Waals surface area contributed by atoms with Crippen LogP contribution in [0.5, 0.6) is 0 Å². The maximum absolute atomic E-state index is 9.99. The van der Waals surface area contributed by atoms with Crippen molar-refractivity contribution in [3.05, 3.63) is 0 Å². The van der Waals surface area contributed by atoms with Gasteiger partial charge in [0.1, 0.15) is 0 Å². The lowest BCUT2D eigenvalue weighted by molar-refractivity contribution is 0.0750. The Morgan fingerprint density at radius 1 is 1.00 bits per heavy atom. The van der Waals surface area contributed by atoms with Crippen molar-refractivity contribution in [1.29, 1.82) is 0 Å². The average Bonchev–Trinajstić information content (AvgIpc) is 2.50. The molecule has 3 unspecified atom stereocenters. The number of rotatable bonds is 2. The van der Waals surface area contributed by atoms with E-state index in [1.54, 1.807) is 0 Å². The average molecular weight is 213 g/mol. The minimum atomic E-state index is -0.132. The van der Waals surface area contributed by atoms with Gasteiger partial charge in [-0.25, -0.2) is 0 Å². The van der Waals surface area contributed by atoms with Crippen molar-refractivity contribution in [2.45, 2.75) is 50.7 Å². The van der Waals surface area contributed by atoms with Gasteiger partial charge < -0.3 is 15.1 Å². The van der Waals surface area contributed by atoms with Crippen molar-refractivity contribution in [3.63, 3.8) is 0 Å². The molecule has 1 heterocycles. The molecule has 0 amide bonds. The van der Waals surface area contributed by atoms with Crippen molar-refractivity contribution in [1.82, 2.24) is 4.90 Å². The number of hydrogen-bond donors (Lipinski definition) is 2. The zero-order valence-corrected chi connectivity index (χ0v) is 9.44. The molecular weight excluding hydrogens is 190 g/mol. The highest BCUT2D eigenvalue weighted by molar-refractivity contribution is 4.81. The van der Waals surface area contributed by atoms with Gasteiger partial charge in [0.25, 0.3) is 0 Å². The first-order chi connectivity index (χ1) is 7.25. The van der Waals surface area contributed by atoms with Crippen LogP contribution in [0.4, 0.5) is 0 Å². The van der Waals surface area contributed by atoms with Gasteiger partial charge in [-0.2, -0.15) is 0 Å². The maximum atomic E-state index is 9.99. The highest BCUT2D eigenvalue weighted by Gasteiger charge is 2.27. The molecule has 1 saturated heterocycles. The summed E-state index contributed by atoms with van der Waals surface area (Å²) in [5.41, 5.74) is 0. The molecule has 88 valence electrons. The van der Waals surface area contributed by atoms with Crippen molar-refractivity contribution in [3.8, 4) is 0 Å². The van der Waals surface area contributed by atoms with Crippen molar-refractivity contribution in [2.24, 2.45) is 5.92 Å². The van der Waals surface area contributed by atoms with Crippen molar-refractivity contribution in [2.75, 3.05) is 19.6 Å². The van der Waals surface area contributed by atoms with E-state index in [9.17, 15) is 10.2 Å². The van der Waals surface area contributed by atoms with Gasteiger partial charge in [-0.05, 0) is 25.2 Å². The molecule has 0 spiro atoms. The lowest BCUT2D eigenvalue weighted by atomic mass is 9.97. The molecule has 2 fully saturated rings. The van der Waals surface area contributed by atoms with E-state index >= 15 is 0 Å². The number of hydrogen-bond acceptors (Lipinski definition) is 3. The fraction of sp³-hybridized carbons (Fsp3) is 1.00. The Hall–Kier alpha value is -0.120. The van der Waals surface area contributed by atoms with Gasteiger partial charge in [0.05, 0.1) is 12.2 Å². The van der Waals surface area contributed by atoms with Crippen molar-refractivity contribution >= 4 is 0 Å². The van der Waals surface area contributed by atoms with E-state index in [2.05, 4.69) is 4.90 Å². The van der Waals surface area contributed by atoms with Crippen LogP contribution < -0.4 is 0 Å². The normalized spacial score (nSPS) is 39.2. The van der Waals surface area contributed by atoms with Crippen LogP contribution in [0, 0.1) is 5.92 Å². The summed E-state index contributed by atoms with van der Waals surface area (Å²) in [6, 6.07) is 0. The highest BCUT2D eigenvalue weighted by Crippen LogP contribution is 2.25. The monoisotopic (exact) mass is 213 g/mol. The Morgan fingerprint density at radius 2 is 1.80 bits per heavy atom. The summed E-state index contributed by atoms with van der Waals surface area (Å²) in [5, 5.41) is 19.4. The molecule has 3 heteroatoms. The van der Waals surface area contributed by atoms with Gasteiger partial charge in [0.2, 0.25) is 0 Å². The first kappa shape index (κ1) is 11.4. The molecule has 3 atom stereocenters. The fourth-order valence-corrected chi connectivity index (χ4v) is 2.89. The molecule has 15 heavy (non-hydrogen) atoms. The van der Waals surface area contributed by atoms with E-state index in [0.29, 0.717) is 5.92 Å². The first-order valence-corrected chi connectivity index (χ1v) is 6.34. The van der Waals surface area contributed by atoms with E-state index in [1.807, 2.05) is 0 Å². The molecule has 1 saturated carbocycles. The van der Waals surface area contributed by atoms with Crippen LogP contribution in [0.15, 0.2) is 0 Å². The quantitative estimate of drug-likeness (QED) is 0.672. The summed E-state index contributed by atoms with van der Waals surface area (Å²) in [4.78, 5) is 2.31. The maximum Gasteiger partial charge on any atom is 0.0679 e. The highest BCUT2D eigenvalue weighted by atomic mass is 16.3. The molecule has 0 radical (unpaired) electrons. The van der Waals surface area contributed by atoms with Crippen LogP contribution in [0.25, 0.3) is 0 Å². The molecule has 3 nitrogen and oxygen atoms in total. The minimum absolute atomic E-state index is 0.106. The summed E-state index contributed by atoms with van der Waals surface area (Å²) in [6.07, 6.45) is 6.52. The smallest absolute Gasteiger partial charge is 0.0679 e. The third-order valence-electron chi connectivity index (χ3n) is 3.86. The lowest BCUT2D eigenvalue weighted by Crippen LogP contribution is -2.34. The van der Waals surface area contributed by atoms with Gasteiger partial charge in [0.15, 0.2) is 0 Å². The zero-order chi connectivity index (χ0) is 10.7. The van der Waals surface area contributed by atoms with E-state index in [4.69, 9.17) is 0 Å². The third-order valence-corrected chi connectivity index (χ3v) is 3.86. The molecule has 2 aliphatic rings. The van der Waals surface area contributed by atoms with Gasteiger partial charge in [0, 0.05) is 19.6 Å².